The summed E-state index contributed by atoms with van der Waals surface area (Å²) in [6, 6.07) is 28.2. The smallest absolute Gasteiger partial charge is 0.328 e. The number of nitrogens with one attached hydrogen (secondary N) is 1. The van der Waals surface area contributed by atoms with Gasteiger partial charge in [0.25, 0.3) is 0 Å². The van der Waals surface area contributed by atoms with Crippen LogP contribution in [0.2, 0.25) is 0 Å². The molecule has 0 aliphatic heterocycles. The molecule has 0 radical (unpaired) electrons. The van der Waals surface area contributed by atoms with Crippen molar-refractivity contribution < 1.29 is 14.3 Å². The molecule has 0 aromatic heterocycles. The lowest BCUT2D eigenvalue weighted by molar-refractivity contribution is -0.145. The maximum atomic E-state index is 13.6. The molecule has 0 spiro atoms. The predicted octanol–water partition coefficient (Wildman–Crippen LogP) is 4.75. The molecule has 0 bridgehead atoms. The summed E-state index contributed by atoms with van der Waals surface area (Å²) in [5.41, 5.74) is 1.76. The highest BCUT2D eigenvalue weighted by Crippen LogP contribution is 2.32. The minimum atomic E-state index is -0.960. The first-order chi connectivity index (χ1) is 15.1. The quantitative estimate of drug-likeness (QED) is 0.542. The fourth-order valence-corrected chi connectivity index (χ4v) is 3.54. The Kier molecular flexibility index (Phi) is 7.39. The van der Waals surface area contributed by atoms with Crippen LogP contribution in [0.4, 0.5) is 0 Å². The van der Waals surface area contributed by atoms with Gasteiger partial charge >= 0.3 is 5.97 Å². The molecule has 0 aliphatic carbocycles. The Hall–Kier alpha value is -3.66. The van der Waals surface area contributed by atoms with E-state index in [-0.39, 0.29) is 5.91 Å². The van der Waals surface area contributed by atoms with Gasteiger partial charge in [-0.1, -0.05) is 103 Å². The van der Waals surface area contributed by atoms with E-state index in [0.29, 0.717) is 6.42 Å². The van der Waals surface area contributed by atoms with Gasteiger partial charge in [-0.05, 0) is 30.0 Å². The van der Waals surface area contributed by atoms with Crippen LogP contribution in [0.5, 0.6) is 0 Å². The molecule has 0 saturated heterocycles. The summed E-state index contributed by atoms with van der Waals surface area (Å²) in [5, 5.41) is 2.93. The Morgan fingerprint density at radius 2 is 1.35 bits per heavy atom. The highest BCUT2D eigenvalue weighted by molar-refractivity contribution is 5.94. The fraction of sp³-hybridized carbons (Fsp3) is 0.185. The van der Waals surface area contributed by atoms with Crippen molar-refractivity contribution in [3.8, 4) is 0 Å². The maximum absolute atomic E-state index is 13.6. The van der Waals surface area contributed by atoms with Crippen LogP contribution in [0.1, 0.15) is 30.0 Å². The van der Waals surface area contributed by atoms with Crippen LogP contribution in [0.25, 0.3) is 6.08 Å². The molecule has 3 aromatic rings. The van der Waals surface area contributed by atoms with Crippen LogP contribution < -0.4 is 5.32 Å². The number of benzene rings is 3. The Bertz CT molecular complexity index is 975. The molecule has 0 aliphatic rings. The number of hydrogen-bond acceptors (Lipinski definition) is 3. The molecular weight excluding hydrogens is 386 g/mol. The number of carbonyl (C=O) groups excluding carboxylic acids is 2. The first-order valence-electron chi connectivity index (χ1n) is 10.3. The lowest BCUT2D eigenvalue weighted by Crippen LogP contribution is -2.50. The molecule has 3 aromatic carbocycles. The van der Waals surface area contributed by atoms with Crippen molar-refractivity contribution in [3.05, 3.63) is 114 Å². The first kappa shape index (κ1) is 22.0. The molecule has 158 valence electrons. The normalized spacial score (nSPS) is 12.3. The van der Waals surface area contributed by atoms with E-state index in [9.17, 15) is 9.59 Å². The predicted molar refractivity (Wildman–Crippen MR) is 123 cm³/mol. The zero-order valence-electron chi connectivity index (χ0n) is 17.8. The molecule has 0 unspecified atom stereocenters. The summed E-state index contributed by atoms with van der Waals surface area (Å²) >= 11 is 0. The number of hydrogen-bond donors (Lipinski definition) is 1. The van der Waals surface area contributed by atoms with Gasteiger partial charge in [0.05, 0.1) is 12.5 Å². The molecule has 0 saturated carbocycles. The van der Waals surface area contributed by atoms with Gasteiger partial charge in [0, 0.05) is 0 Å². The van der Waals surface area contributed by atoms with E-state index in [2.05, 4.69) is 5.32 Å². The highest BCUT2D eigenvalue weighted by Gasteiger charge is 2.38. The monoisotopic (exact) mass is 413 g/mol. The topological polar surface area (TPSA) is 55.4 Å². The van der Waals surface area contributed by atoms with Gasteiger partial charge in [-0.25, -0.2) is 4.79 Å². The molecule has 3 rings (SSSR count). The van der Waals surface area contributed by atoms with Gasteiger partial charge in [-0.2, -0.15) is 0 Å². The Morgan fingerprint density at radius 3 is 1.84 bits per heavy atom. The molecule has 0 heterocycles. The third-order valence-corrected chi connectivity index (χ3v) is 5.43. The largest absolute Gasteiger partial charge is 0.467 e. The molecule has 1 N–H and O–H groups in total. The van der Waals surface area contributed by atoms with Crippen molar-refractivity contribution in [2.45, 2.75) is 24.8 Å². The van der Waals surface area contributed by atoms with Gasteiger partial charge in [-0.3, -0.25) is 4.79 Å². The number of esters is 1. The van der Waals surface area contributed by atoms with Crippen molar-refractivity contribution in [2.75, 3.05) is 7.11 Å². The van der Waals surface area contributed by atoms with Crippen LogP contribution in [-0.2, 0) is 19.7 Å². The average Bonchev–Trinajstić information content (AvgIpc) is 2.84. The third kappa shape index (κ3) is 5.28. The average molecular weight is 414 g/mol. The van der Waals surface area contributed by atoms with Gasteiger partial charge < -0.3 is 10.1 Å². The van der Waals surface area contributed by atoms with Gasteiger partial charge in [-0.15, -0.1) is 0 Å². The zero-order chi connectivity index (χ0) is 22.1. The number of carbonyl (C=O) groups is 2. The van der Waals surface area contributed by atoms with Crippen LogP contribution >= 0.6 is 0 Å². The summed E-state index contributed by atoms with van der Waals surface area (Å²) in [4.78, 5) is 26.0. The zero-order valence-corrected chi connectivity index (χ0v) is 17.8. The molecule has 4 nitrogen and oxygen atoms in total. The lowest BCUT2D eigenvalue weighted by Gasteiger charge is -2.31. The number of rotatable bonds is 8. The number of methoxy groups -OCH3 is 1. The molecular formula is C27H27NO3. The van der Waals surface area contributed by atoms with Gasteiger partial charge in [0.15, 0.2) is 0 Å². The summed E-state index contributed by atoms with van der Waals surface area (Å²) in [7, 11) is 1.33. The Labute approximate surface area is 183 Å². The van der Waals surface area contributed by atoms with E-state index in [1.165, 1.54) is 7.11 Å². The summed E-state index contributed by atoms with van der Waals surface area (Å²) in [5.74, 6) is -0.733. The summed E-state index contributed by atoms with van der Waals surface area (Å²) in [6.07, 6.45) is 4.13. The van der Waals surface area contributed by atoms with Crippen molar-refractivity contribution in [3.63, 3.8) is 0 Å². The van der Waals surface area contributed by atoms with E-state index >= 15 is 0 Å². The molecule has 31 heavy (non-hydrogen) atoms. The Balaban J connectivity index is 1.87. The second-order valence-corrected chi connectivity index (χ2v) is 7.46. The van der Waals surface area contributed by atoms with Crippen LogP contribution in [0, 0.1) is 0 Å². The summed E-state index contributed by atoms with van der Waals surface area (Å²) < 4.78 is 4.95. The maximum Gasteiger partial charge on any atom is 0.328 e. The Morgan fingerprint density at radius 1 is 0.871 bits per heavy atom. The van der Waals surface area contributed by atoms with E-state index in [1.54, 1.807) is 0 Å². The molecule has 1 atom stereocenters. The van der Waals surface area contributed by atoms with Gasteiger partial charge in [0.2, 0.25) is 5.91 Å². The van der Waals surface area contributed by atoms with Crippen molar-refractivity contribution >= 4 is 18.0 Å². The van der Waals surface area contributed by atoms with Crippen molar-refractivity contribution in [2.24, 2.45) is 0 Å². The minimum absolute atomic E-state index is 0.256. The lowest BCUT2D eigenvalue weighted by atomic mass is 9.75. The minimum Gasteiger partial charge on any atom is -0.467 e. The second kappa shape index (κ2) is 10.4. The van der Waals surface area contributed by atoms with Crippen LogP contribution in [0.3, 0.4) is 0 Å². The highest BCUT2D eigenvalue weighted by atomic mass is 16.5. The van der Waals surface area contributed by atoms with E-state index < -0.39 is 17.4 Å². The first-order valence-corrected chi connectivity index (χ1v) is 10.3. The SMILES string of the molecule is COC(=O)[C@H](C/C=C/c1ccccc1)NC(=O)C(C)(c1ccccc1)c1ccccc1. The molecule has 1 amide bonds. The number of amides is 1. The summed E-state index contributed by atoms with van der Waals surface area (Å²) in [6.45, 7) is 1.88. The van der Waals surface area contributed by atoms with E-state index in [1.807, 2.05) is 110 Å². The second-order valence-electron chi connectivity index (χ2n) is 7.46. The fourth-order valence-electron chi connectivity index (χ4n) is 3.54. The standard InChI is InChI=1S/C27H27NO3/c1-27(22-16-8-4-9-17-22,23-18-10-5-11-19-23)26(30)28-24(25(29)31-2)20-12-15-21-13-6-3-7-14-21/h3-19,24H,20H2,1-2H3,(H,28,30)/b15-12+/t24-/m0/s1. The van der Waals surface area contributed by atoms with Crippen molar-refractivity contribution in [1.82, 2.24) is 5.32 Å². The van der Waals surface area contributed by atoms with E-state index in [4.69, 9.17) is 4.74 Å². The molecule has 4 heteroatoms. The molecule has 0 fully saturated rings. The number of ether oxygens (including phenoxy) is 1. The van der Waals surface area contributed by atoms with Crippen LogP contribution in [-0.4, -0.2) is 25.0 Å². The van der Waals surface area contributed by atoms with Crippen LogP contribution in [0.15, 0.2) is 97.1 Å². The van der Waals surface area contributed by atoms with Crippen molar-refractivity contribution in [1.29, 1.82) is 0 Å². The third-order valence-electron chi connectivity index (χ3n) is 5.43. The van der Waals surface area contributed by atoms with E-state index in [0.717, 1.165) is 16.7 Å². The van der Waals surface area contributed by atoms with Gasteiger partial charge in [0.1, 0.15) is 6.04 Å².